The number of nitrogens with two attached hydrogens (primary N) is 1. The standard InChI is InChI=1S/C23H23BrFN5O.CH2O3/c1-31-12-13-2-4-14(5-3-13)21-20(24)22(26)30-23(29-21)18(11-28-30)16-8-15-9-17(25)6-7-19(15)27-10-16;2-1(3)4/h6-11,13-14H,2-5,12,26H2,1H3;(H2,2,3,4). The summed E-state index contributed by atoms with van der Waals surface area (Å²) in [7, 11) is 1.76. The lowest BCUT2D eigenvalue weighted by Gasteiger charge is -2.28. The fraction of sp³-hybridized carbons (Fsp3) is 0.333. The smallest absolute Gasteiger partial charge is 0.450 e. The predicted octanol–water partition coefficient (Wildman–Crippen LogP) is 5.57. The van der Waals surface area contributed by atoms with Crippen molar-refractivity contribution in [2.45, 2.75) is 31.6 Å². The zero-order valence-corrected chi connectivity index (χ0v) is 20.6. The van der Waals surface area contributed by atoms with Crippen LogP contribution in [0.5, 0.6) is 0 Å². The zero-order valence-electron chi connectivity index (χ0n) is 19.0. The zero-order chi connectivity index (χ0) is 25.1. The van der Waals surface area contributed by atoms with Crippen molar-refractivity contribution in [3.8, 4) is 11.1 Å². The number of pyridine rings is 1. The van der Waals surface area contributed by atoms with Gasteiger partial charge in [-0.25, -0.2) is 14.2 Å². The maximum Gasteiger partial charge on any atom is 0.503 e. The van der Waals surface area contributed by atoms with Crippen LogP contribution in [0.4, 0.5) is 15.0 Å². The molecule has 4 N–H and O–H groups in total. The van der Waals surface area contributed by atoms with E-state index in [-0.39, 0.29) is 5.82 Å². The molecule has 9 nitrogen and oxygen atoms in total. The normalized spacial score (nSPS) is 17.8. The molecule has 3 aromatic heterocycles. The van der Waals surface area contributed by atoms with E-state index in [1.807, 2.05) is 6.07 Å². The van der Waals surface area contributed by atoms with Crippen LogP contribution in [-0.4, -0.2) is 49.7 Å². The van der Waals surface area contributed by atoms with Crippen molar-refractivity contribution < 1.29 is 24.1 Å². The number of benzene rings is 1. The summed E-state index contributed by atoms with van der Waals surface area (Å²) in [6.07, 6.45) is 6.01. The first kappa shape index (κ1) is 24.8. The molecule has 0 saturated heterocycles. The highest BCUT2D eigenvalue weighted by molar-refractivity contribution is 9.10. The van der Waals surface area contributed by atoms with Gasteiger partial charge >= 0.3 is 6.16 Å². The Morgan fingerprint density at radius 1 is 1.23 bits per heavy atom. The van der Waals surface area contributed by atoms with Crippen molar-refractivity contribution in [2.75, 3.05) is 19.5 Å². The number of hydrogen-bond donors (Lipinski definition) is 3. The number of methoxy groups -OCH3 is 1. The van der Waals surface area contributed by atoms with Gasteiger partial charge in [0.05, 0.1) is 21.9 Å². The quantitative estimate of drug-likeness (QED) is 0.302. The summed E-state index contributed by atoms with van der Waals surface area (Å²) in [5, 5.41) is 19.1. The SMILES string of the molecule is COCC1CCC(c2nc3c(-c4cnc5ccc(F)cc5c4)cnn3c(N)c2Br)CC1.O=C(O)O. The summed E-state index contributed by atoms with van der Waals surface area (Å²) < 4.78 is 21.5. The van der Waals surface area contributed by atoms with Gasteiger partial charge in [-0.05, 0) is 71.8 Å². The fourth-order valence-electron chi connectivity index (χ4n) is 4.58. The molecular weight excluding hydrogens is 521 g/mol. The number of halogens is 2. The summed E-state index contributed by atoms with van der Waals surface area (Å²) in [5.41, 5.74) is 10.5. The highest BCUT2D eigenvalue weighted by atomic mass is 79.9. The van der Waals surface area contributed by atoms with E-state index in [2.05, 4.69) is 26.0 Å². The first-order valence-electron chi connectivity index (χ1n) is 11.1. The topological polar surface area (TPSA) is 136 Å². The molecule has 3 heterocycles. The van der Waals surface area contributed by atoms with Crippen molar-refractivity contribution in [3.63, 3.8) is 0 Å². The first-order valence-corrected chi connectivity index (χ1v) is 11.9. The number of fused-ring (bicyclic) bond motifs is 2. The average Bonchev–Trinajstić information content (AvgIpc) is 3.25. The minimum atomic E-state index is -1.83. The van der Waals surface area contributed by atoms with Gasteiger partial charge in [-0.3, -0.25) is 4.98 Å². The minimum Gasteiger partial charge on any atom is -0.450 e. The van der Waals surface area contributed by atoms with Crippen LogP contribution in [0.15, 0.2) is 41.1 Å². The van der Waals surface area contributed by atoms with Crippen LogP contribution < -0.4 is 5.73 Å². The number of carbonyl (C=O) groups is 1. The second-order valence-corrected chi connectivity index (χ2v) is 9.30. The molecule has 0 spiro atoms. The van der Waals surface area contributed by atoms with Crippen LogP contribution in [0, 0.1) is 11.7 Å². The molecule has 35 heavy (non-hydrogen) atoms. The third kappa shape index (κ3) is 5.35. The molecule has 0 radical (unpaired) electrons. The molecule has 5 rings (SSSR count). The van der Waals surface area contributed by atoms with Crippen molar-refractivity contribution in [1.29, 1.82) is 0 Å². The number of nitrogen functional groups attached to an aromatic ring is 1. The number of anilines is 1. The third-order valence-electron chi connectivity index (χ3n) is 6.24. The summed E-state index contributed by atoms with van der Waals surface area (Å²) in [6, 6.07) is 6.49. The Kier molecular flexibility index (Phi) is 7.46. The van der Waals surface area contributed by atoms with Gasteiger partial charge in [0.25, 0.3) is 0 Å². The van der Waals surface area contributed by atoms with E-state index in [1.54, 1.807) is 30.1 Å². The van der Waals surface area contributed by atoms with Gasteiger partial charge in [0.15, 0.2) is 5.65 Å². The van der Waals surface area contributed by atoms with Crippen LogP contribution in [0.3, 0.4) is 0 Å². The van der Waals surface area contributed by atoms with Gasteiger partial charge in [-0.15, -0.1) is 0 Å². The van der Waals surface area contributed by atoms with Gasteiger partial charge in [0.1, 0.15) is 11.6 Å². The van der Waals surface area contributed by atoms with E-state index in [1.165, 1.54) is 12.1 Å². The summed E-state index contributed by atoms with van der Waals surface area (Å²) in [5.74, 6) is 1.19. The second-order valence-electron chi connectivity index (χ2n) is 8.51. The summed E-state index contributed by atoms with van der Waals surface area (Å²) in [6.45, 7) is 0.810. The molecule has 0 bridgehead atoms. The van der Waals surface area contributed by atoms with Gasteiger partial charge in [-0.1, -0.05) is 0 Å². The molecule has 184 valence electrons. The van der Waals surface area contributed by atoms with Crippen molar-refractivity contribution >= 4 is 44.5 Å². The van der Waals surface area contributed by atoms with Crippen molar-refractivity contribution in [3.05, 3.63) is 52.6 Å². The molecule has 11 heteroatoms. The van der Waals surface area contributed by atoms with Crippen LogP contribution in [-0.2, 0) is 4.74 Å². The molecule has 0 amide bonds. The molecule has 0 atom stereocenters. The maximum atomic E-state index is 13.7. The van der Waals surface area contributed by atoms with Crippen LogP contribution >= 0.6 is 15.9 Å². The Morgan fingerprint density at radius 3 is 2.63 bits per heavy atom. The van der Waals surface area contributed by atoms with Crippen LogP contribution in [0.1, 0.15) is 37.3 Å². The van der Waals surface area contributed by atoms with E-state index in [0.717, 1.165) is 64.5 Å². The Bertz CT molecular complexity index is 1370. The molecule has 1 fully saturated rings. The fourth-order valence-corrected chi connectivity index (χ4v) is 5.16. The van der Waals surface area contributed by atoms with Gasteiger partial charge < -0.3 is 20.7 Å². The van der Waals surface area contributed by atoms with Crippen molar-refractivity contribution in [1.82, 2.24) is 19.6 Å². The predicted molar refractivity (Wildman–Crippen MR) is 133 cm³/mol. The lowest BCUT2D eigenvalue weighted by atomic mass is 9.80. The Labute approximate surface area is 208 Å². The Balaban J connectivity index is 0.000000672. The number of ether oxygens (including phenoxy) is 1. The van der Waals surface area contributed by atoms with E-state index in [0.29, 0.717) is 23.3 Å². The highest BCUT2D eigenvalue weighted by Crippen LogP contribution is 2.40. The number of carboxylic acid groups (broad SMARTS) is 2. The largest absolute Gasteiger partial charge is 0.503 e. The van der Waals surface area contributed by atoms with Crippen molar-refractivity contribution in [2.24, 2.45) is 5.92 Å². The first-order chi connectivity index (χ1) is 16.8. The van der Waals surface area contributed by atoms with E-state index in [9.17, 15) is 4.39 Å². The van der Waals surface area contributed by atoms with E-state index in [4.69, 9.17) is 30.5 Å². The molecule has 1 aliphatic rings. The maximum absolute atomic E-state index is 13.7. The molecular formula is C24H25BrFN5O4. The number of rotatable bonds is 4. The minimum absolute atomic E-state index is 0.288. The second kappa shape index (κ2) is 10.5. The Morgan fingerprint density at radius 2 is 1.94 bits per heavy atom. The third-order valence-corrected chi connectivity index (χ3v) is 7.05. The van der Waals surface area contributed by atoms with Crippen LogP contribution in [0.25, 0.3) is 27.7 Å². The lowest BCUT2D eigenvalue weighted by Crippen LogP contribution is -2.19. The Hall–Kier alpha value is -3.31. The molecule has 1 aromatic carbocycles. The molecule has 0 unspecified atom stereocenters. The molecule has 1 aliphatic carbocycles. The number of nitrogens with zero attached hydrogens (tertiary/aromatic N) is 4. The molecule has 1 saturated carbocycles. The highest BCUT2D eigenvalue weighted by Gasteiger charge is 2.27. The lowest BCUT2D eigenvalue weighted by molar-refractivity contribution is 0.127. The van der Waals surface area contributed by atoms with E-state index < -0.39 is 6.16 Å². The van der Waals surface area contributed by atoms with Gasteiger partial charge in [-0.2, -0.15) is 9.61 Å². The summed E-state index contributed by atoms with van der Waals surface area (Å²) in [4.78, 5) is 18.0. The molecule has 4 aromatic rings. The van der Waals surface area contributed by atoms with Gasteiger partial charge in [0, 0.05) is 42.3 Å². The van der Waals surface area contributed by atoms with Crippen LogP contribution in [0.2, 0.25) is 0 Å². The number of hydrogen-bond acceptors (Lipinski definition) is 6. The summed E-state index contributed by atoms with van der Waals surface area (Å²) >= 11 is 3.66. The monoisotopic (exact) mass is 545 g/mol. The van der Waals surface area contributed by atoms with E-state index >= 15 is 0 Å². The molecule has 0 aliphatic heterocycles. The van der Waals surface area contributed by atoms with Gasteiger partial charge in [0.2, 0.25) is 0 Å². The number of aromatic nitrogens is 4. The average molecular weight is 546 g/mol.